The van der Waals surface area contributed by atoms with Gasteiger partial charge in [-0.05, 0) is 18.9 Å². The third-order valence-corrected chi connectivity index (χ3v) is 4.21. The van der Waals surface area contributed by atoms with Gasteiger partial charge in [0.1, 0.15) is 0 Å². The average molecular weight is 324 g/mol. The molecule has 1 saturated heterocycles. The van der Waals surface area contributed by atoms with Crippen molar-refractivity contribution in [2.24, 2.45) is 0 Å². The fraction of sp³-hybridized carbons (Fsp3) is 0.467. The molecule has 0 radical (unpaired) electrons. The lowest BCUT2D eigenvalue weighted by atomic mass is 10.1. The highest BCUT2D eigenvalue weighted by Crippen LogP contribution is 2.24. The lowest BCUT2D eigenvalue weighted by molar-refractivity contribution is -0.130. The van der Waals surface area contributed by atoms with Gasteiger partial charge in [-0.2, -0.15) is 0 Å². The molecule has 7 heteroatoms. The maximum atomic E-state index is 12.0. The van der Waals surface area contributed by atoms with Crippen LogP contribution in [0.5, 0.6) is 0 Å². The van der Waals surface area contributed by atoms with E-state index in [1.165, 1.54) is 0 Å². The Bertz CT molecular complexity index is 685. The van der Waals surface area contributed by atoms with E-state index >= 15 is 0 Å². The molecule has 1 aromatic carbocycles. The number of carbonyl (C=O) groups is 2. The number of aryl methyl sites for hydroxylation is 1. The van der Waals surface area contributed by atoms with Crippen LogP contribution in [-0.2, 0) is 26.2 Å². The van der Waals surface area contributed by atoms with Crippen LogP contribution in [0.3, 0.4) is 0 Å². The molecule has 0 aromatic heterocycles. The van der Waals surface area contributed by atoms with Gasteiger partial charge in [-0.15, -0.1) is 0 Å². The molecule has 0 spiro atoms. The van der Waals surface area contributed by atoms with Crippen molar-refractivity contribution in [1.29, 1.82) is 0 Å². The minimum absolute atomic E-state index is 0.00124. The van der Waals surface area contributed by atoms with Crippen LogP contribution < -0.4 is 4.72 Å². The summed E-state index contributed by atoms with van der Waals surface area (Å²) in [5.41, 5.74) is 2.11. The molecule has 2 rings (SSSR count). The zero-order valence-corrected chi connectivity index (χ0v) is 13.5. The highest BCUT2D eigenvalue weighted by atomic mass is 32.2. The number of hydrogen-bond acceptors (Lipinski definition) is 4. The lowest BCUT2D eigenvalue weighted by Crippen LogP contribution is -2.38. The molecule has 6 nitrogen and oxygen atoms in total. The highest BCUT2D eigenvalue weighted by Gasteiger charge is 2.32. The molecular weight excluding hydrogens is 304 g/mol. The summed E-state index contributed by atoms with van der Waals surface area (Å²) in [6, 6.07) is 7.59. The summed E-state index contributed by atoms with van der Waals surface area (Å²) < 4.78 is 24.1. The van der Waals surface area contributed by atoms with Gasteiger partial charge in [0.25, 0.3) is 0 Å². The third-order valence-electron chi connectivity index (χ3n) is 3.61. The summed E-state index contributed by atoms with van der Waals surface area (Å²) >= 11 is 0. The second-order valence-corrected chi connectivity index (χ2v) is 7.45. The molecule has 0 bridgehead atoms. The first kappa shape index (κ1) is 16.5. The smallest absolute Gasteiger partial charge is 0.235 e. The van der Waals surface area contributed by atoms with Gasteiger partial charge in [-0.1, -0.05) is 29.8 Å². The summed E-state index contributed by atoms with van der Waals surface area (Å²) in [6.07, 6.45) is 1.91. The number of nitrogens with zero attached hydrogens (tertiary/aromatic N) is 1. The fourth-order valence-electron chi connectivity index (χ4n) is 2.69. The molecule has 2 amide bonds. The van der Waals surface area contributed by atoms with Gasteiger partial charge in [0, 0.05) is 25.4 Å². The minimum Gasteiger partial charge on any atom is -0.335 e. The summed E-state index contributed by atoms with van der Waals surface area (Å²) in [5, 5.41) is 0. The third kappa shape index (κ3) is 4.56. The molecule has 120 valence electrons. The van der Waals surface area contributed by atoms with Crippen molar-refractivity contribution < 1.29 is 18.0 Å². The normalized spacial score (nSPS) is 18.5. The van der Waals surface area contributed by atoms with Gasteiger partial charge < -0.3 is 4.90 Å². The van der Waals surface area contributed by atoms with Crippen molar-refractivity contribution >= 4 is 21.8 Å². The van der Waals surface area contributed by atoms with E-state index in [1.54, 1.807) is 4.90 Å². The molecule has 1 heterocycles. The molecule has 22 heavy (non-hydrogen) atoms. The molecule has 0 aliphatic carbocycles. The van der Waals surface area contributed by atoms with Crippen LogP contribution in [0, 0.1) is 6.92 Å². The zero-order valence-electron chi connectivity index (χ0n) is 12.7. The van der Waals surface area contributed by atoms with Crippen LogP contribution in [0.1, 0.15) is 30.4 Å². The summed E-state index contributed by atoms with van der Waals surface area (Å²) in [4.78, 5) is 25.4. The largest absolute Gasteiger partial charge is 0.335 e. The first-order chi connectivity index (χ1) is 10.2. The van der Waals surface area contributed by atoms with E-state index in [-0.39, 0.29) is 18.4 Å². The molecule has 0 saturated carbocycles. The molecule has 1 N–H and O–H groups in total. The van der Waals surface area contributed by atoms with Crippen LogP contribution in [0.2, 0.25) is 0 Å². The van der Waals surface area contributed by atoms with Gasteiger partial charge in [0.2, 0.25) is 21.8 Å². The van der Waals surface area contributed by atoms with E-state index < -0.39 is 15.9 Å². The van der Waals surface area contributed by atoms with Crippen molar-refractivity contribution in [3.63, 3.8) is 0 Å². The summed E-state index contributed by atoms with van der Waals surface area (Å²) in [5.74, 6) is -0.574. The maximum absolute atomic E-state index is 12.0. The Morgan fingerprint density at radius 2 is 2.14 bits per heavy atom. The predicted molar refractivity (Wildman–Crippen MR) is 82.4 cm³/mol. The molecule has 1 aliphatic rings. The van der Waals surface area contributed by atoms with E-state index in [9.17, 15) is 18.0 Å². The van der Waals surface area contributed by atoms with Crippen LogP contribution in [0.4, 0.5) is 0 Å². The number of rotatable bonds is 5. The van der Waals surface area contributed by atoms with Crippen molar-refractivity contribution in [1.82, 2.24) is 9.62 Å². The summed E-state index contributed by atoms with van der Waals surface area (Å²) in [7, 11) is -3.56. The lowest BCUT2D eigenvalue weighted by Gasteiger charge is -2.24. The molecule has 1 fully saturated rings. The SMILES string of the molecule is Cc1cccc(CN2C(=O)CCC2CC(=O)NS(C)(=O)=O)c1. The second-order valence-electron chi connectivity index (χ2n) is 5.70. The Kier molecular flexibility index (Phi) is 4.85. The monoisotopic (exact) mass is 324 g/mol. The number of nitrogens with one attached hydrogen (secondary N) is 1. The Morgan fingerprint density at radius 3 is 2.77 bits per heavy atom. The quantitative estimate of drug-likeness (QED) is 0.874. The standard InChI is InChI=1S/C15H20N2O4S/c1-11-4-3-5-12(8-11)10-17-13(6-7-15(17)19)9-14(18)16-22(2,20)21/h3-5,8,13H,6-7,9-10H2,1-2H3,(H,16,18). The Labute approximate surface area is 130 Å². The van der Waals surface area contributed by atoms with Crippen molar-refractivity contribution in [3.8, 4) is 0 Å². The number of amides is 2. The van der Waals surface area contributed by atoms with Crippen LogP contribution in [0.25, 0.3) is 0 Å². The van der Waals surface area contributed by atoms with Gasteiger partial charge in [0.05, 0.1) is 6.26 Å². The topological polar surface area (TPSA) is 83.6 Å². The van der Waals surface area contributed by atoms with Gasteiger partial charge in [-0.3, -0.25) is 14.3 Å². The molecule has 1 atom stereocenters. The highest BCUT2D eigenvalue weighted by molar-refractivity contribution is 7.89. The first-order valence-electron chi connectivity index (χ1n) is 7.10. The van der Waals surface area contributed by atoms with Crippen LogP contribution in [0.15, 0.2) is 24.3 Å². The molecular formula is C15H20N2O4S. The van der Waals surface area contributed by atoms with Crippen LogP contribution in [-0.4, -0.2) is 37.4 Å². The maximum Gasteiger partial charge on any atom is 0.235 e. The molecule has 1 aromatic rings. The van der Waals surface area contributed by atoms with Gasteiger partial charge in [0.15, 0.2) is 0 Å². The van der Waals surface area contributed by atoms with E-state index in [2.05, 4.69) is 0 Å². The van der Waals surface area contributed by atoms with Crippen molar-refractivity contribution in [2.45, 2.75) is 38.8 Å². The number of likely N-dealkylation sites (tertiary alicyclic amines) is 1. The second kappa shape index (κ2) is 6.48. The zero-order chi connectivity index (χ0) is 16.3. The Hall–Kier alpha value is -1.89. The van der Waals surface area contributed by atoms with Crippen LogP contribution >= 0.6 is 0 Å². The van der Waals surface area contributed by atoms with E-state index in [1.807, 2.05) is 35.9 Å². The Morgan fingerprint density at radius 1 is 1.41 bits per heavy atom. The minimum atomic E-state index is -3.56. The predicted octanol–water partition coefficient (Wildman–Crippen LogP) is 0.952. The average Bonchev–Trinajstić information content (AvgIpc) is 2.69. The van der Waals surface area contributed by atoms with E-state index in [0.717, 1.165) is 17.4 Å². The molecule has 1 aliphatic heterocycles. The summed E-state index contributed by atoms with van der Waals surface area (Å²) in [6.45, 7) is 2.42. The number of hydrogen-bond donors (Lipinski definition) is 1. The fourth-order valence-corrected chi connectivity index (χ4v) is 3.19. The van der Waals surface area contributed by atoms with Crippen molar-refractivity contribution in [2.75, 3.05) is 6.26 Å². The van der Waals surface area contributed by atoms with Gasteiger partial charge in [-0.25, -0.2) is 8.42 Å². The van der Waals surface area contributed by atoms with E-state index in [0.29, 0.717) is 19.4 Å². The number of carbonyl (C=O) groups excluding carboxylic acids is 2. The first-order valence-corrected chi connectivity index (χ1v) is 8.99. The van der Waals surface area contributed by atoms with E-state index in [4.69, 9.17) is 0 Å². The number of sulfonamides is 1. The molecule has 1 unspecified atom stereocenters. The van der Waals surface area contributed by atoms with Gasteiger partial charge >= 0.3 is 0 Å². The number of benzene rings is 1. The van der Waals surface area contributed by atoms with Crippen molar-refractivity contribution in [3.05, 3.63) is 35.4 Å². The Balaban J connectivity index is 2.05.